The van der Waals surface area contributed by atoms with Crippen LogP contribution in [0.25, 0.3) is 11.0 Å². The van der Waals surface area contributed by atoms with Crippen LogP contribution in [0.1, 0.15) is 27.0 Å². The Bertz CT molecular complexity index is 1180. The zero-order chi connectivity index (χ0) is 19.5. The molecule has 2 heterocycles. The van der Waals surface area contributed by atoms with Crippen LogP contribution in [0.15, 0.2) is 70.4 Å². The Balaban J connectivity index is 1.47. The highest BCUT2D eigenvalue weighted by Crippen LogP contribution is 2.19. The summed E-state index contributed by atoms with van der Waals surface area (Å²) in [5.41, 5.74) is 3.03. The maximum atomic E-state index is 12.4. The van der Waals surface area contributed by atoms with Crippen LogP contribution < -0.4 is 5.63 Å². The Morgan fingerprint density at radius 3 is 2.71 bits per heavy atom. The third kappa shape index (κ3) is 3.83. The van der Waals surface area contributed by atoms with E-state index >= 15 is 0 Å². The fraction of sp³-hybridized carbons (Fsp3) is 0.143. The van der Waals surface area contributed by atoms with Gasteiger partial charge in [-0.15, -0.1) is 0 Å². The largest absolute Gasteiger partial charge is 0.457 e. The lowest BCUT2D eigenvalue weighted by molar-refractivity contribution is 0.0474. The summed E-state index contributed by atoms with van der Waals surface area (Å²) in [5.74, 6) is -0.458. The Morgan fingerprint density at radius 2 is 1.96 bits per heavy atom. The summed E-state index contributed by atoms with van der Waals surface area (Å²) in [6.07, 6.45) is 3.10. The van der Waals surface area contributed by atoms with Gasteiger partial charge in [0, 0.05) is 17.0 Å². The highest BCUT2D eigenvalue weighted by Gasteiger charge is 2.11. The molecule has 0 amide bonds. The first kappa shape index (κ1) is 17.7. The second kappa shape index (κ2) is 7.48. The molecule has 0 saturated heterocycles. The maximum absolute atomic E-state index is 12.4. The van der Waals surface area contributed by atoms with Crippen LogP contribution in [0, 0.1) is 6.92 Å². The monoisotopic (exact) mass is 375 g/mol. The molecule has 0 aliphatic heterocycles. The summed E-state index contributed by atoms with van der Waals surface area (Å²) in [4.78, 5) is 28.0. The molecule has 7 heteroatoms. The van der Waals surface area contributed by atoms with E-state index in [1.165, 1.54) is 12.4 Å². The van der Waals surface area contributed by atoms with Crippen molar-refractivity contribution in [3.8, 4) is 0 Å². The number of aromatic nitrogens is 3. The molecule has 0 bridgehead atoms. The molecule has 0 spiro atoms. The second-order valence-corrected chi connectivity index (χ2v) is 6.46. The highest BCUT2D eigenvalue weighted by atomic mass is 16.5. The lowest BCUT2D eigenvalue weighted by atomic mass is 10.1. The number of hydrogen-bond donors (Lipinski definition) is 0. The Kier molecular flexibility index (Phi) is 4.72. The topological polar surface area (TPSA) is 87.2 Å². The minimum Gasteiger partial charge on any atom is -0.457 e. The van der Waals surface area contributed by atoms with Crippen LogP contribution in [0.3, 0.4) is 0 Å². The molecule has 7 nitrogen and oxygen atoms in total. The molecule has 4 aromatic rings. The fourth-order valence-electron chi connectivity index (χ4n) is 2.93. The molecule has 0 aliphatic rings. The SMILES string of the molecule is Cc1ccc2c(COC(=O)c3ccc(Cn4cncn4)cc3)cc(=O)oc2c1. The third-order valence-corrected chi connectivity index (χ3v) is 4.35. The van der Waals surface area contributed by atoms with Gasteiger partial charge in [0.2, 0.25) is 0 Å². The number of ether oxygens (including phenoxy) is 1. The van der Waals surface area contributed by atoms with E-state index in [1.54, 1.807) is 29.2 Å². The van der Waals surface area contributed by atoms with Gasteiger partial charge in [0.05, 0.1) is 12.1 Å². The van der Waals surface area contributed by atoms with E-state index < -0.39 is 11.6 Å². The molecule has 28 heavy (non-hydrogen) atoms. The number of esters is 1. The summed E-state index contributed by atoms with van der Waals surface area (Å²) >= 11 is 0. The third-order valence-electron chi connectivity index (χ3n) is 4.35. The zero-order valence-electron chi connectivity index (χ0n) is 15.2. The number of carbonyl (C=O) groups is 1. The van der Waals surface area contributed by atoms with E-state index in [1.807, 2.05) is 31.2 Å². The molecular formula is C21H17N3O4. The highest BCUT2D eigenvalue weighted by molar-refractivity contribution is 5.89. The van der Waals surface area contributed by atoms with Crippen molar-refractivity contribution in [1.29, 1.82) is 0 Å². The van der Waals surface area contributed by atoms with Gasteiger partial charge in [0.15, 0.2) is 0 Å². The van der Waals surface area contributed by atoms with Crippen molar-refractivity contribution in [2.24, 2.45) is 0 Å². The van der Waals surface area contributed by atoms with Crippen LogP contribution in [0.5, 0.6) is 0 Å². The fourth-order valence-corrected chi connectivity index (χ4v) is 2.93. The van der Waals surface area contributed by atoms with Crippen LogP contribution in [-0.2, 0) is 17.9 Å². The normalized spacial score (nSPS) is 10.9. The standard InChI is InChI=1S/C21H17N3O4/c1-14-2-7-18-17(9-20(25)28-19(18)8-14)11-27-21(26)16-5-3-15(4-6-16)10-24-13-22-12-23-24/h2-9,12-13H,10-11H2,1H3. The summed E-state index contributed by atoms with van der Waals surface area (Å²) in [7, 11) is 0. The van der Waals surface area contributed by atoms with Gasteiger partial charge in [-0.1, -0.05) is 24.3 Å². The van der Waals surface area contributed by atoms with Crippen molar-refractivity contribution >= 4 is 16.9 Å². The molecule has 0 saturated carbocycles. The van der Waals surface area contributed by atoms with Gasteiger partial charge in [0.25, 0.3) is 0 Å². The molecule has 0 radical (unpaired) electrons. The van der Waals surface area contributed by atoms with E-state index in [9.17, 15) is 9.59 Å². The smallest absolute Gasteiger partial charge is 0.338 e. The van der Waals surface area contributed by atoms with E-state index in [0.717, 1.165) is 16.5 Å². The van der Waals surface area contributed by atoms with Crippen molar-refractivity contribution in [3.63, 3.8) is 0 Å². The average molecular weight is 375 g/mol. The summed E-state index contributed by atoms with van der Waals surface area (Å²) in [6, 6.07) is 14.0. The summed E-state index contributed by atoms with van der Waals surface area (Å²) < 4.78 is 12.3. The quantitative estimate of drug-likeness (QED) is 0.393. The molecule has 0 fully saturated rings. The predicted octanol–water partition coefficient (Wildman–Crippen LogP) is 3.10. The minimum atomic E-state index is -0.471. The Hall–Kier alpha value is -3.74. The van der Waals surface area contributed by atoms with Crippen LogP contribution in [0.4, 0.5) is 0 Å². The molecule has 0 N–H and O–H groups in total. The van der Waals surface area contributed by atoms with E-state index in [2.05, 4.69) is 10.1 Å². The average Bonchev–Trinajstić information content (AvgIpc) is 3.19. The predicted molar refractivity (Wildman–Crippen MR) is 102 cm³/mol. The number of rotatable bonds is 5. The molecule has 0 unspecified atom stereocenters. The molecule has 140 valence electrons. The van der Waals surface area contributed by atoms with E-state index in [4.69, 9.17) is 9.15 Å². The second-order valence-electron chi connectivity index (χ2n) is 6.46. The first-order chi connectivity index (χ1) is 13.6. The lowest BCUT2D eigenvalue weighted by Crippen LogP contribution is -2.08. The molecule has 2 aromatic carbocycles. The number of carbonyl (C=O) groups excluding carboxylic acids is 1. The van der Waals surface area contributed by atoms with Gasteiger partial charge in [0.1, 0.15) is 24.8 Å². The van der Waals surface area contributed by atoms with Gasteiger partial charge in [-0.3, -0.25) is 0 Å². The van der Waals surface area contributed by atoms with Crippen LogP contribution >= 0.6 is 0 Å². The van der Waals surface area contributed by atoms with E-state index in [0.29, 0.717) is 23.3 Å². The number of hydrogen-bond acceptors (Lipinski definition) is 6. The molecular weight excluding hydrogens is 358 g/mol. The molecule has 2 aromatic heterocycles. The zero-order valence-corrected chi connectivity index (χ0v) is 15.2. The van der Waals surface area contributed by atoms with E-state index in [-0.39, 0.29) is 6.61 Å². The number of benzene rings is 2. The van der Waals surface area contributed by atoms with Crippen molar-refractivity contribution < 1.29 is 13.9 Å². The van der Waals surface area contributed by atoms with Gasteiger partial charge in [-0.05, 0) is 36.2 Å². The van der Waals surface area contributed by atoms with Crippen LogP contribution in [-0.4, -0.2) is 20.7 Å². The Labute approximate surface area is 160 Å². The van der Waals surface area contributed by atoms with Gasteiger partial charge in [-0.25, -0.2) is 19.3 Å². The van der Waals surface area contributed by atoms with Gasteiger partial charge < -0.3 is 9.15 Å². The molecule has 0 atom stereocenters. The Morgan fingerprint density at radius 1 is 1.14 bits per heavy atom. The maximum Gasteiger partial charge on any atom is 0.338 e. The van der Waals surface area contributed by atoms with Crippen LogP contribution in [0.2, 0.25) is 0 Å². The van der Waals surface area contributed by atoms with Crippen molar-refractivity contribution in [3.05, 3.63) is 93.9 Å². The minimum absolute atomic E-state index is 0.00922. The van der Waals surface area contributed by atoms with Crippen molar-refractivity contribution in [2.45, 2.75) is 20.1 Å². The van der Waals surface area contributed by atoms with Gasteiger partial charge in [-0.2, -0.15) is 5.10 Å². The first-order valence-electron chi connectivity index (χ1n) is 8.70. The summed E-state index contributed by atoms with van der Waals surface area (Å²) in [6.45, 7) is 2.48. The number of nitrogens with zero attached hydrogens (tertiary/aromatic N) is 3. The van der Waals surface area contributed by atoms with Crippen molar-refractivity contribution in [1.82, 2.24) is 14.8 Å². The lowest BCUT2D eigenvalue weighted by Gasteiger charge is -2.08. The van der Waals surface area contributed by atoms with Crippen molar-refractivity contribution in [2.75, 3.05) is 0 Å². The molecule has 4 rings (SSSR count). The number of fused-ring (bicyclic) bond motifs is 1. The molecule has 0 aliphatic carbocycles. The summed E-state index contributed by atoms with van der Waals surface area (Å²) in [5, 5.41) is 4.80. The first-order valence-corrected chi connectivity index (χ1v) is 8.70. The number of aryl methyl sites for hydroxylation is 1. The van der Waals surface area contributed by atoms with Gasteiger partial charge >= 0.3 is 11.6 Å².